The van der Waals surface area contributed by atoms with E-state index in [9.17, 15) is 14.0 Å². The Morgan fingerprint density at radius 3 is 2.59 bits per heavy atom. The first-order valence-corrected chi connectivity index (χ1v) is 12.7. The van der Waals surface area contributed by atoms with Crippen molar-refractivity contribution >= 4 is 40.0 Å². The summed E-state index contributed by atoms with van der Waals surface area (Å²) in [7, 11) is 0. The molecule has 0 aliphatic heterocycles. The number of esters is 1. The van der Waals surface area contributed by atoms with Crippen LogP contribution in [0.5, 0.6) is 5.75 Å². The predicted molar refractivity (Wildman–Crippen MR) is 130 cm³/mol. The van der Waals surface area contributed by atoms with Gasteiger partial charge < -0.3 is 19.4 Å². The van der Waals surface area contributed by atoms with Crippen LogP contribution in [0, 0.1) is 5.82 Å². The average Bonchev–Trinajstić information content (AvgIpc) is 3.43. The van der Waals surface area contributed by atoms with Crippen LogP contribution in [0.15, 0.2) is 35.5 Å². The maximum Gasteiger partial charge on any atom is 0.341 e. The molecule has 0 radical (unpaired) electrons. The molecule has 0 aliphatic carbocycles. The van der Waals surface area contributed by atoms with Crippen LogP contribution >= 0.6 is 23.1 Å². The van der Waals surface area contributed by atoms with Gasteiger partial charge in [0.05, 0.1) is 17.9 Å². The van der Waals surface area contributed by atoms with Crippen molar-refractivity contribution in [3.05, 3.63) is 52.4 Å². The van der Waals surface area contributed by atoms with E-state index < -0.39 is 12.1 Å². The molecule has 3 rings (SSSR count). The summed E-state index contributed by atoms with van der Waals surface area (Å²) >= 11 is 2.61. The Labute approximate surface area is 205 Å². The maximum absolute atomic E-state index is 13.1. The Balaban J connectivity index is 1.65. The molecule has 1 amide bonds. The van der Waals surface area contributed by atoms with Gasteiger partial charge in [-0.05, 0) is 57.5 Å². The van der Waals surface area contributed by atoms with Crippen molar-refractivity contribution in [1.82, 2.24) is 14.8 Å². The topological polar surface area (TPSA) is 95.3 Å². The minimum Gasteiger partial charge on any atom is -0.483 e. The van der Waals surface area contributed by atoms with Crippen molar-refractivity contribution in [2.45, 2.75) is 51.9 Å². The molecule has 2 aromatic heterocycles. The Bertz CT molecular complexity index is 1130. The summed E-state index contributed by atoms with van der Waals surface area (Å²) in [6, 6.07) is 7.52. The molecule has 0 spiro atoms. The number of nitrogens with zero attached hydrogens (tertiary/aromatic N) is 3. The normalized spacial score (nSPS) is 11.8. The number of aryl methyl sites for hydroxylation is 1. The number of aromatic nitrogens is 3. The third kappa shape index (κ3) is 6.35. The molecule has 1 atom stereocenters. The van der Waals surface area contributed by atoms with Crippen molar-refractivity contribution in [3.63, 3.8) is 0 Å². The molecular formula is C23H27FN4O4S2. The van der Waals surface area contributed by atoms with E-state index in [1.54, 1.807) is 25.1 Å². The highest BCUT2D eigenvalue weighted by molar-refractivity contribution is 7.99. The lowest BCUT2D eigenvalue weighted by atomic mass is 10.2. The van der Waals surface area contributed by atoms with E-state index in [2.05, 4.69) is 15.5 Å². The van der Waals surface area contributed by atoms with Gasteiger partial charge in [-0.15, -0.1) is 21.5 Å². The number of nitrogens with one attached hydrogen (secondary N) is 1. The summed E-state index contributed by atoms with van der Waals surface area (Å²) in [5.41, 5.74) is 0.368. The number of hydrogen-bond donors (Lipinski definition) is 1. The molecule has 1 unspecified atom stereocenters. The van der Waals surface area contributed by atoms with E-state index in [4.69, 9.17) is 9.47 Å². The third-order valence-corrected chi connectivity index (χ3v) is 6.93. The second-order valence-corrected chi connectivity index (χ2v) is 9.24. The zero-order valence-electron chi connectivity index (χ0n) is 19.5. The predicted octanol–water partition coefficient (Wildman–Crippen LogP) is 5.11. The standard InChI is InChI=1S/C23H27FN4O4S2/c1-5-17-12-18(22(30)31-7-3)21(34-17)25-19(29)13-33-23-27-26-20(28(23)6-2)14(4)32-16-10-8-15(24)9-11-16/h8-12,14H,5-7,13H2,1-4H3,(H,25,29). The number of amides is 1. The van der Waals surface area contributed by atoms with Crippen molar-refractivity contribution in [2.24, 2.45) is 0 Å². The first-order chi connectivity index (χ1) is 16.4. The Kier molecular flexibility index (Phi) is 9.05. The fourth-order valence-electron chi connectivity index (χ4n) is 3.14. The highest BCUT2D eigenvalue weighted by Gasteiger charge is 2.21. The van der Waals surface area contributed by atoms with Gasteiger partial charge in [-0.3, -0.25) is 4.79 Å². The number of halogens is 1. The smallest absolute Gasteiger partial charge is 0.341 e. The number of carbonyl (C=O) groups is 2. The van der Waals surface area contributed by atoms with Gasteiger partial charge in [-0.2, -0.15) is 0 Å². The first-order valence-electron chi connectivity index (χ1n) is 10.9. The molecule has 0 bridgehead atoms. The molecule has 0 fully saturated rings. The minimum atomic E-state index is -0.452. The zero-order chi connectivity index (χ0) is 24.7. The molecule has 0 aliphatic rings. The van der Waals surface area contributed by atoms with Gasteiger partial charge >= 0.3 is 5.97 Å². The fourth-order valence-corrected chi connectivity index (χ4v) is 4.95. The minimum absolute atomic E-state index is 0.0902. The molecule has 3 aromatic rings. The molecule has 182 valence electrons. The molecular weight excluding hydrogens is 479 g/mol. The highest BCUT2D eigenvalue weighted by Crippen LogP contribution is 2.30. The number of ether oxygens (including phenoxy) is 2. The molecule has 8 nitrogen and oxygen atoms in total. The molecule has 0 saturated carbocycles. The van der Waals surface area contributed by atoms with Crippen LogP contribution in [0.2, 0.25) is 0 Å². The van der Waals surface area contributed by atoms with Crippen molar-refractivity contribution in [2.75, 3.05) is 17.7 Å². The van der Waals surface area contributed by atoms with E-state index in [1.165, 1.54) is 35.2 Å². The van der Waals surface area contributed by atoms with Crippen LogP contribution in [0.3, 0.4) is 0 Å². The first kappa shape index (κ1) is 25.7. The molecule has 11 heteroatoms. The van der Waals surface area contributed by atoms with Crippen LogP contribution in [0.25, 0.3) is 0 Å². The lowest BCUT2D eigenvalue weighted by molar-refractivity contribution is -0.113. The van der Waals surface area contributed by atoms with Crippen LogP contribution in [-0.4, -0.2) is 39.0 Å². The number of rotatable bonds is 11. The summed E-state index contributed by atoms with van der Waals surface area (Å²) in [5, 5.41) is 12.3. The molecule has 2 heterocycles. The summed E-state index contributed by atoms with van der Waals surface area (Å²) in [4.78, 5) is 25.8. The van der Waals surface area contributed by atoms with Crippen molar-refractivity contribution < 1.29 is 23.5 Å². The Morgan fingerprint density at radius 2 is 1.94 bits per heavy atom. The van der Waals surface area contributed by atoms with Gasteiger partial charge in [0.2, 0.25) is 5.91 Å². The quantitative estimate of drug-likeness (QED) is 0.285. The second kappa shape index (κ2) is 12.0. The number of carbonyl (C=O) groups excluding carboxylic acids is 2. The van der Waals surface area contributed by atoms with Crippen LogP contribution < -0.4 is 10.1 Å². The van der Waals surface area contributed by atoms with E-state index in [0.29, 0.717) is 33.8 Å². The van der Waals surface area contributed by atoms with Crippen LogP contribution in [-0.2, 0) is 22.5 Å². The van der Waals surface area contributed by atoms with E-state index in [0.717, 1.165) is 11.3 Å². The van der Waals surface area contributed by atoms with Gasteiger partial charge in [0, 0.05) is 11.4 Å². The van der Waals surface area contributed by atoms with Crippen molar-refractivity contribution in [1.29, 1.82) is 0 Å². The number of benzene rings is 1. The van der Waals surface area contributed by atoms with Gasteiger partial charge in [0.1, 0.15) is 16.6 Å². The number of anilines is 1. The molecule has 34 heavy (non-hydrogen) atoms. The highest BCUT2D eigenvalue weighted by atomic mass is 32.2. The lowest BCUT2D eigenvalue weighted by Gasteiger charge is -2.15. The Hall–Kier alpha value is -2.92. The number of thiophene rings is 1. The molecule has 0 saturated heterocycles. The maximum atomic E-state index is 13.1. The zero-order valence-corrected chi connectivity index (χ0v) is 21.1. The third-order valence-electron chi connectivity index (χ3n) is 4.76. The van der Waals surface area contributed by atoms with Gasteiger partial charge in [0.15, 0.2) is 17.1 Å². The molecule has 1 N–H and O–H groups in total. The largest absolute Gasteiger partial charge is 0.483 e. The summed E-state index contributed by atoms with van der Waals surface area (Å²) in [5.74, 6) is 0.164. The summed E-state index contributed by atoms with van der Waals surface area (Å²) in [6.07, 6.45) is 0.328. The average molecular weight is 507 g/mol. The van der Waals surface area contributed by atoms with Gasteiger partial charge in [-0.1, -0.05) is 18.7 Å². The monoisotopic (exact) mass is 506 g/mol. The van der Waals surface area contributed by atoms with E-state index in [1.807, 2.05) is 25.3 Å². The van der Waals surface area contributed by atoms with Crippen LogP contribution in [0.1, 0.15) is 54.9 Å². The summed E-state index contributed by atoms with van der Waals surface area (Å²) in [6.45, 7) is 8.35. The SMILES string of the molecule is CCOC(=O)c1cc(CC)sc1NC(=O)CSc1nnc(C(C)Oc2ccc(F)cc2)n1CC. The number of thioether (sulfide) groups is 1. The van der Waals surface area contributed by atoms with E-state index >= 15 is 0 Å². The second-order valence-electron chi connectivity index (χ2n) is 7.17. The lowest BCUT2D eigenvalue weighted by Crippen LogP contribution is -2.16. The molecule has 1 aromatic carbocycles. The number of hydrogen-bond acceptors (Lipinski definition) is 8. The van der Waals surface area contributed by atoms with Crippen molar-refractivity contribution in [3.8, 4) is 5.75 Å². The van der Waals surface area contributed by atoms with Gasteiger partial charge in [0.25, 0.3) is 0 Å². The van der Waals surface area contributed by atoms with Crippen LogP contribution in [0.4, 0.5) is 9.39 Å². The summed E-state index contributed by atoms with van der Waals surface area (Å²) < 4.78 is 26.0. The van der Waals surface area contributed by atoms with E-state index in [-0.39, 0.29) is 24.1 Å². The fraction of sp³-hybridized carbons (Fsp3) is 0.391. The Morgan fingerprint density at radius 1 is 1.21 bits per heavy atom. The van der Waals surface area contributed by atoms with Gasteiger partial charge in [-0.25, -0.2) is 9.18 Å².